The SMILES string of the molecule is N#Cc1cc(Cl)c(CBr)c(Br)c1. The van der Waals surface area contributed by atoms with Crippen LogP contribution in [0.15, 0.2) is 16.6 Å². The second-order valence-electron chi connectivity index (χ2n) is 2.16. The topological polar surface area (TPSA) is 23.8 Å². The Kier molecular flexibility index (Phi) is 3.57. The molecule has 1 aromatic rings. The summed E-state index contributed by atoms with van der Waals surface area (Å²) in [5.74, 6) is 0. The maximum absolute atomic E-state index is 8.61. The van der Waals surface area contributed by atoms with Crippen molar-refractivity contribution in [3.05, 3.63) is 32.8 Å². The van der Waals surface area contributed by atoms with Crippen LogP contribution in [0.3, 0.4) is 0 Å². The van der Waals surface area contributed by atoms with Crippen LogP contribution in [-0.4, -0.2) is 0 Å². The maximum Gasteiger partial charge on any atom is 0.0992 e. The average molecular weight is 309 g/mol. The zero-order valence-electron chi connectivity index (χ0n) is 5.94. The fourth-order valence-corrected chi connectivity index (χ4v) is 2.94. The molecule has 0 radical (unpaired) electrons. The summed E-state index contributed by atoms with van der Waals surface area (Å²) in [7, 11) is 0. The molecule has 1 nitrogen and oxygen atoms in total. The molecular formula is C8H4Br2ClN. The van der Waals surface area contributed by atoms with Crippen molar-refractivity contribution < 1.29 is 0 Å². The summed E-state index contributed by atoms with van der Waals surface area (Å²) < 4.78 is 0.864. The Morgan fingerprint density at radius 3 is 2.58 bits per heavy atom. The van der Waals surface area contributed by atoms with Gasteiger partial charge in [-0.2, -0.15) is 5.26 Å². The third kappa shape index (κ3) is 2.01. The molecule has 1 aromatic carbocycles. The smallest absolute Gasteiger partial charge is 0.0992 e. The van der Waals surface area contributed by atoms with Gasteiger partial charge in [-0.3, -0.25) is 0 Å². The number of benzene rings is 1. The van der Waals surface area contributed by atoms with E-state index in [2.05, 4.69) is 31.9 Å². The van der Waals surface area contributed by atoms with Gasteiger partial charge in [-0.05, 0) is 17.7 Å². The molecule has 0 saturated heterocycles. The molecule has 0 aromatic heterocycles. The van der Waals surface area contributed by atoms with Crippen molar-refractivity contribution in [3.8, 4) is 6.07 Å². The van der Waals surface area contributed by atoms with E-state index < -0.39 is 0 Å². The summed E-state index contributed by atoms with van der Waals surface area (Å²) in [6.07, 6.45) is 0. The van der Waals surface area contributed by atoms with E-state index in [1.807, 2.05) is 6.07 Å². The first-order valence-corrected chi connectivity index (χ1v) is 5.42. The molecule has 12 heavy (non-hydrogen) atoms. The maximum atomic E-state index is 8.61. The monoisotopic (exact) mass is 307 g/mol. The molecular weight excluding hydrogens is 305 g/mol. The minimum atomic E-state index is 0.566. The Labute approximate surface area is 92.6 Å². The van der Waals surface area contributed by atoms with Crippen molar-refractivity contribution in [2.24, 2.45) is 0 Å². The van der Waals surface area contributed by atoms with E-state index in [1.54, 1.807) is 12.1 Å². The zero-order chi connectivity index (χ0) is 9.14. The summed E-state index contributed by atoms with van der Waals surface area (Å²) >= 11 is 12.5. The van der Waals surface area contributed by atoms with Crippen LogP contribution in [0.25, 0.3) is 0 Å². The first kappa shape index (κ1) is 10.0. The van der Waals surface area contributed by atoms with E-state index in [0.717, 1.165) is 10.0 Å². The van der Waals surface area contributed by atoms with Crippen LogP contribution in [0.5, 0.6) is 0 Å². The lowest BCUT2D eigenvalue weighted by atomic mass is 10.2. The lowest BCUT2D eigenvalue weighted by molar-refractivity contribution is 1.37. The largest absolute Gasteiger partial charge is 0.192 e. The Balaban J connectivity index is 3.30. The van der Waals surface area contributed by atoms with Gasteiger partial charge < -0.3 is 0 Å². The fourth-order valence-electron chi connectivity index (χ4n) is 0.795. The predicted octanol–water partition coefficient (Wildman–Crippen LogP) is 3.87. The van der Waals surface area contributed by atoms with Crippen molar-refractivity contribution in [2.75, 3.05) is 0 Å². The number of hydrogen-bond donors (Lipinski definition) is 0. The van der Waals surface area contributed by atoms with Gasteiger partial charge in [0.15, 0.2) is 0 Å². The summed E-state index contributed by atoms with van der Waals surface area (Å²) in [6, 6.07) is 5.44. The van der Waals surface area contributed by atoms with Crippen molar-refractivity contribution in [1.29, 1.82) is 5.26 Å². The number of halogens is 3. The molecule has 0 N–H and O–H groups in total. The van der Waals surface area contributed by atoms with Gasteiger partial charge in [0.05, 0.1) is 11.6 Å². The van der Waals surface area contributed by atoms with Gasteiger partial charge in [0.25, 0.3) is 0 Å². The van der Waals surface area contributed by atoms with Crippen LogP contribution in [0, 0.1) is 11.3 Å². The predicted molar refractivity (Wildman–Crippen MR) is 56.5 cm³/mol. The molecule has 0 spiro atoms. The number of nitriles is 1. The van der Waals surface area contributed by atoms with Crippen LogP contribution >= 0.6 is 43.5 Å². The summed E-state index contributed by atoms with van der Waals surface area (Å²) in [5.41, 5.74) is 1.53. The standard InChI is InChI=1S/C8H4Br2ClN/c9-3-6-7(10)1-5(4-12)2-8(6)11/h1-2H,3H2. The highest BCUT2D eigenvalue weighted by atomic mass is 79.9. The van der Waals surface area contributed by atoms with Crippen molar-refractivity contribution in [1.82, 2.24) is 0 Å². The van der Waals surface area contributed by atoms with E-state index in [-0.39, 0.29) is 0 Å². The van der Waals surface area contributed by atoms with Gasteiger partial charge in [0, 0.05) is 14.8 Å². The van der Waals surface area contributed by atoms with Crippen molar-refractivity contribution >= 4 is 43.5 Å². The molecule has 0 unspecified atom stereocenters. The Hall–Kier alpha value is -0.0400. The Morgan fingerprint density at radius 2 is 2.17 bits per heavy atom. The fraction of sp³-hybridized carbons (Fsp3) is 0.125. The minimum absolute atomic E-state index is 0.566. The van der Waals surface area contributed by atoms with Gasteiger partial charge in [0.2, 0.25) is 0 Å². The number of hydrogen-bond acceptors (Lipinski definition) is 1. The molecule has 0 aliphatic heterocycles. The summed E-state index contributed by atoms with van der Waals surface area (Å²) in [5, 5.41) is 9.90. The second kappa shape index (κ2) is 4.27. The van der Waals surface area contributed by atoms with Gasteiger partial charge in [-0.1, -0.05) is 43.5 Å². The van der Waals surface area contributed by atoms with Gasteiger partial charge in [0.1, 0.15) is 0 Å². The lowest BCUT2D eigenvalue weighted by Gasteiger charge is -2.03. The van der Waals surface area contributed by atoms with Crippen LogP contribution in [-0.2, 0) is 5.33 Å². The first-order valence-electron chi connectivity index (χ1n) is 3.13. The van der Waals surface area contributed by atoms with Crippen LogP contribution in [0.2, 0.25) is 5.02 Å². The third-order valence-electron chi connectivity index (χ3n) is 1.40. The molecule has 0 aliphatic rings. The van der Waals surface area contributed by atoms with E-state index in [4.69, 9.17) is 16.9 Å². The molecule has 4 heteroatoms. The normalized spacial score (nSPS) is 9.50. The second-order valence-corrected chi connectivity index (χ2v) is 3.99. The Bertz CT molecular complexity index is 320. The number of nitrogens with zero attached hydrogens (tertiary/aromatic N) is 1. The quantitative estimate of drug-likeness (QED) is 0.723. The molecule has 0 fully saturated rings. The summed E-state index contributed by atoms with van der Waals surface area (Å²) in [4.78, 5) is 0. The first-order chi connectivity index (χ1) is 5.69. The summed E-state index contributed by atoms with van der Waals surface area (Å²) in [6.45, 7) is 0. The molecule has 0 saturated carbocycles. The van der Waals surface area contributed by atoms with Crippen LogP contribution < -0.4 is 0 Å². The highest BCUT2D eigenvalue weighted by Crippen LogP contribution is 2.28. The van der Waals surface area contributed by atoms with E-state index in [9.17, 15) is 0 Å². The van der Waals surface area contributed by atoms with Gasteiger partial charge in [-0.15, -0.1) is 0 Å². The molecule has 0 amide bonds. The molecule has 1 rings (SSSR count). The third-order valence-corrected chi connectivity index (χ3v) is 3.01. The molecule has 0 atom stereocenters. The zero-order valence-corrected chi connectivity index (χ0v) is 9.87. The minimum Gasteiger partial charge on any atom is -0.192 e. The molecule has 0 bridgehead atoms. The van der Waals surface area contributed by atoms with Crippen LogP contribution in [0.4, 0.5) is 0 Å². The van der Waals surface area contributed by atoms with E-state index in [1.165, 1.54) is 0 Å². The van der Waals surface area contributed by atoms with E-state index in [0.29, 0.717) is 15.9 Å². The highest BCUT2D eigenvalue weighted by molar-refractivity contribution is 9.10. The van der Waals surface area contributed by atoms with Gasteiger partial charge >= 0.3 is 0 Å². The van der Waals surface area contributed by atoms with Crippen molar-refractivity contribution in [2.45, 2.75) is 5.33 Å². The number of alkyl halides is 1. The van der Waals surface area contributed by atoms with Gasteiger partial charge in [-0.25, -0.2) is 0 Å². The average Bonchev–Trinajstić information content (AvgIpc) is 2.03. The highest BCUT2D eigenvalue weighted by Gasteiger charge is 2.05. The van der Waals surface area contributed by atoms with Crippen LogP contribution in [0.1, 0.15) is 11.1 Å². The van der Waals surface area contributed by atoms with Crippen molar-refractivity contribution in [3.63, 3.8) is 0 Å². The lowest BCUT2D eigenvalue weighted by Crippen LogP contribution is -1.84. The molecule has 62 valence electrons. The molecule has 0 aliphatic carbocycles. The Morgan fingerprint density at radius 1 is 1.50 bits per heavy atom. The molecule has 0 heterocycles. The number of rotatable bonds is 1. The van der Waals surface area contributed by atoms with E-state index >= 15 is 0 Å².